The third-order valence-electron chi connectivity index (χ3n) is 4.41. The first-order valence-electron chi connectivity index (χ1n) is 9.13. The van der Waals surface area contributed by atoms with E-state index < -0.39 is 0 Å². The van der Waals surface area contributed by atoms with Crippen molar-refractivity contribution in [1.82, 2.24) is 9.97 Å². The van der Waals surface area contributed by atoms with Crippen molar-refractivity contribution in [2.24, 2.45) is 0 Å². The molecule has 0 atom stereocenters. The maximum atomic E-state index is 13.7. The van der Waals surface area contributed by atoms with E-state index in [1.165, 1.54) is 6.07 Å². The van der Waals surface area contributed by atoms with Gasteiger partial charge in [0.15, 0.2) is 11.5 Å². The van der Waals surface area contributed by atoms with Crippen LogP contribution < -0.4 is 20.1 Å². The van der Waals surface area contributed by atoms with Crippen molar-refractivity contribution in [3.8, 4) is 11.5 Å². The van der Waals surface area contributed by atoms with Gasteiger partial charge in [0.2, 0.25) is 6.79 Å². The Labute approximate surface area is 162 Å². The highest BCUT2D eigenvalue weighted by Gasteiger charge is 2.13. The summed E-state index contributed by atoms with van der Waals surface area (Å²) in [6.45, 7) is 3.29. The van der Waals surface area contributed by atoms with Crippen LogP contribution in [0.5, 0.6) is 11.5 Å². The predicted molar refractivity (Wildman–Crippen MR) is 105 cm³/mol. The Balaban J connectivity index is 1.36. The molecule has 0 aliphatic carbocycles. The molecule has 6 nitrogen and oxygen atoms in total. The van der Waals surface area contributed by atoms with Crippen LogP contribution in [-0.2, 0) is 13.0 Å². The molecule has 28 heavy (non-hydrogen) atoms. The van der Waals surface area contributed by atoms with Crippen LogP contribution in [0.1, 0.15) is 17.0 Å². The SMILES string of the molecule is Cc1nc(NCCc2ccccc2F)cc(NCc2ccc3c(c2)OCO3)n1. The van der Waals surface area contributed by atoms with Crippen LogP contribution in [0.2, 0.25) is 0 Å². The lowest BCUT2D eigenvalue weighted by Gasteiger charge is -2.11. The van der Waals surface area contributed by atoms with Gasteiger partial charge in [-0.15, -0.1) is 0 Å². The minimum atomic E-state index is -0.186. The largest absolute Gasteiger partial charge is 0.454 e. The van der Waals surface area contributed by atoms with Gasteiger partial charge in [-0.05, 0) is 42.7 Å². The first-order valence-corrected chi connectivity index (χ1v) is 9.13. The number of rotatable bonds is 7. The van der Waals surface area contributed by atoms with Crippen LogP contribution in [0.15, 0.2) is 48.5 Å². The van der Waals surface area contributed by atoms with E-state index in [0.717, 1.165) is 22.9 Å². The van der Waals surface area contributed by atoms with E-state index in [4.69, 9.17) is 9.47 Å². The molecule has 0 amide bonds. The summed E-state index contributed by atoms with van der Waals surface area (Å²) in [5.74, 6) is 3.42. The van der Waals surface area contributed by atoms with E-state index in [2.05, 4.69) is 20.6 Å². The van der Waals surface area contributed by atoms with Crippen molar-refractivity contribution in [3.05, 3.63) is 71.3 Å². The number of benzene rings is 2. The van der Waals surface area contributed by atoms with Gasteiger partial charge in [-0.2, -0.15) is 0 Å². The fraction of sp³-hybridized carbons (Fsp3) is 0.238. The van der Waals surface area contributed by atoms with Crippen molar-refractivity contribution >= 4 is 11.6 Å². The summed E-state index contributed by atoms with van der Waals surface area (Å²) in [4.78, 5) is 8.82. The number of anilines is 2. The Morgan fingerprint density at radius 2 is 1.75 bits per heavy atom. The van der Waals surface area contributed by atoms with Gasteiger partial charge in [0.05, 0.1) is 0 Å². The summed E-state index contributed by atoms with van der Waals surface area (Å²) >= 11 is 0. The number of halogens is 1. The van der Waals surface area contributed by atoms with Gasteiger partial charge in [-0.25, -0.2) is 14.4 Å². The van der Waals surface area contributed by atoms with Gasteiger partial charge in [0.1, 0.15) is 23.3 Å². The van der Waals surface area contributed by atoms with Crippen molar-refractivity contribution in [1.29, 1.82) is 0 Å². The third-order valence-corrected chi connectivity index (χ3v) is 4.41. The highest BCUT2D eigenvalue weighted by atomic mass is 19.1. The van der Waals surface area contributed by atoms with Crippen molar-refractivity contribution in [2.45, 2.75) is 19.9 Å². The van der Waals surface area contributed by atoms with E-state index >= 15 is 0 Å². The average Bonchev–Trinajstić information content (AvgIpc) is 3.15. The summed E-state index contributed by atoms with van der Waals surface area (Å²) < 4.78 is 24.4. The molecule has 7 heteroatoms. The molecule has 4 rings (SSSR count). The van der Waals surface area contributed by atoms with Gasteiger partial charge < -0.3 is 20.1 Å². The monoisotopic (exact) mass is 380 g/mol. The standard InChI is InChI=1S/C21H21FN4O2/c1-14-25-20(23-9-8-16-4-2-3-5-17(16)22)11-21(26-14)24-12-15-6-7-18-19(10-15)28-13-27-18/h2-7,10-11H,8-9,12-13H2,1H3,(H2,23,24,25,26). The van der Waals surface area contributed by atoms with Crippen molar-refractivity contribution in [2.75, 3.05) is 24.0 Å². The number of nitrogens with zero attached hydrogens (tertiary/aromatic N) is 2. The van der Waals surface area contributed by atoms with Crippen LogP contribution in [0.3, 0.4) is 0 Å². The molecular weight excluding hydrogens is 359 g/mol. The third kappa shape index (κ3) is 4.31. The van der Waals surface area contributed by atoms with Crippen LogP contribution in [-0.4, -0.2) is 23.3 Å². The minimum absolute atomic E-state index is 0.186. The first-order chi connectivity index (χ1) is 13.7. The van der Waals surface area contributed by atoms with Gasteiger partial charge in [0.25, 0.3) is 0 Å². The second-order valence-corrected chi connectivity index (χ2v) is 6.49. The Hall–Kier alpha value is -3.35. The molecule has 0 saturated carbocycles. The van der Waals surface area contributed by atoms with Crippen LogP contribution in [0.25, 0.3) is 0 Å². The second-order valence-electron chi connectivity index (χ2n) is 6.49. The zero-order valence-electron chi connectivity index (χ0n) is 15.5. The molecule has 2 N–H and O–H groups in total. The maximum absolute atomic E-state index is 13.7. The number of nitrogens with one attached hydrogen (secondary N) is 2. The number of aromatic nitrogens is 2. The Morgan fingerprint density at radius 3 is 2.61 bits per heavy atom. The molecule has 0 spiro atoms. The van der Waals surface area contributed by atoms with E-state index in [1.54, 1.807) is 12.1 Å². The van der Waals surface area contributed by atoms with Gasteiger partial charge in [-0.3, -0.25) is 0 Å². The Bertz CT molecular complexity index is 980. The lowest BCUT2D eigenvalue weighted by molar-refractivity contribution is 0.174. The predicted octanol–water partition coefficient (Wildman–Crippen LogP) is 3.92. The van der Waals surface area contributed by atoms with E-state index in [0.29, 0.717) is 36.7 Å². The molecule has 1 aliphatic heterocycles. The summed E-state index contributed by atoms with van der Waals surface area (Å²) in [6.07, 6.45) is 0.579. The van der Waals surface area contributed by atoms with E-state index in [1.807, 2.05) is 37.3 Å². The number of fused-ring (bicyclic) bond motifs is 1. The quantitative estimate of drug-likeness (QED) is 0.648. The van der Waals surface area contributed by atoms with Crippen LogP contribution in [0.4, 0.5) is 16.0 Å². The molecule has 1 aromatic heterocycles. The molecule has 1 aliphatic rings. The number of ether oxygens (including phenoxy) is 2. The zero-order chi connectivity index (χ0) is 19.3. The average molecular weight is 380 g/mol. The molecule has 2 aromatic carbocycles. The van der Waals surface area contributed by atoms with Crippen molar-refractivity contribution < 1.29 is 13.9 Å². The van der Waals surface area contributed by atoms with Crippen LogP contribution >= 0.6 is 0 Å². The maximum Gasteiger partial charge on any atom is 0.231 e. The molecular formula is C21H21FN4O2. The molecule has 0 radical (unpaired) electrons. The van der Waals surface area contributed by atoms with E-state index in [-0.39, 0.29) is 12.6 Å². The molecule has 0 unspecified atom stereocenters. The van der Waals surface area contributed by atoms with Gasteiger partial charge in [-0.1, -0.05) is 24.3 Å². The zero-order valence-corrected chi connectivity index (χ0v) is 15.5. The minimum Gasteiger partial charge on any atom is -0.454 e. The highest BCUT2D eigenvalue weighted by molar-refractivity contribution is 5.49. The molecule has 3 aromatic rings. The summed E-state index contributed by atoms with van der Waals surface area (Å²) in [6, 6.07) is 14.5. The summed E-state index contributed by atoms with van der Waals surface area (Å²) in [5.41, 5.74) is 1.75. The van der Waals surface area contributed by atoms with Gasteiger partial charge in [0, 0.05) is 19.2 Å². The second kappa shape index (κ2) is 8.12. The lowest BCUT2D eigenvalue weighted by atomic mass is 10.1. The molecule has 144 valence electrons. The van der Waals surface area contributed by atoms with Crippen molar-refractivity contribution in [3.63, 3.8) is 0 Å². The molecule has 2 heterocycles. The molecule has 0 bridgehead atoms. The Kier molecular flexibility index (Phi) is 5.23. The number of hydrogen-bond acceptors (Lipinski definition) is 6. The summed E-state index contributed by atoms with van der Waals surface area (Å²) in [7, 11) is 0. The fourth-order valence-corrected chi connectivity index (χ4v) is 3.02. The fourth-order valence-electron chi connectivity index (χ4n) is 3.02. The number of hydrogen-bond donors (Lipinski definition) is 2. The smallest absolute Gasteiger partial charge is 0.231 e. The highest BCUT2D eigenvalue weighted by Crippen LogP contribution is 2.32. The van der Waals surface area contributed by atoms with Gasteiger partial charge >= 0.3 is 0 Å². The topological polar surface area (TPSA) is 68.3 Å². The lowest BCUT2D eigenvalue weighted by Crippen LogP contribution is -2.10. The Morgan fingerprint density at radius 1 is 0.964 bits per heavy atom. The molecule has 0 saturated heterocycles. The normalized spacial score (nSPS) is 12.1. The van der Waals surface area contributed by atoms with E-state index in [9.17, 15) is 4.39 Å². The number of aryl methyl sites for hydroxylation is 1. The first kappa shape index (κ1) is 18.0. The molecule has 0 fully saturated rings. The van der Waals surface area contributed by atoms with Crippen LogP contribution in [0, 0.1) is 12.7 Å². The summed E-state index contributed by atoms with van der Waals surface area (Å²) in [5, 5.41) is 6.54.